The fourth-order valence-corrected chi connectivity index (χ4v) is 0.264. The average molecular weight is 247 g/mol. The minimum atomic E-state index is -0.161. The van der Waals surface area contributed by atoms with E-state index in [0.29, 0.717) is 0 Å². The molecule has 7 heavy (non-hydrogen) atoms. The van der Waals surface area contributed by atoms with Crippen molar-refractivity contribution in [2.45, 2.75) is 0 Å². The number of aliphatic hydroxyl groups is 1. The van der Waals surface area contributed by atoms with E-state index in [1.165, 1.54) is 0 Å². The van der Waals surface area contributed by atoms with Crippen molar-refractivity contribution in [3.63, 3.8) is 0 Å². The summed E-state index contributed by atoms with van der Waals surface area (Å²) in [6, 6.07) is 0. The Morgan fingerprint density at radius 1 is 2.00 bits per heavy atom. The maximum Gasteiger partial charge on any atom is 0.0224 e. The molecular formula is C4H4IOV-. The van der Waals surface area contributed by atoms with Crippen LogP contribution >= 0.6 is 22.6 Å². The van der Waals surface area contributed by atoms with Gasteiger partial charge in [0, 0.05) is 25.2 Å². The summed E-state index contributed by atoms with van der Waals surface area (Å²) >= 11 is 1.76. The molecular weight excluding hydrogens is 242 g/mol. The van der Waals surface area contributed by atoms with Gasteiger partial charge in [0.15, 0.2) is 0 Å². The molecule has 39 valence electrons. The van der Waals surface area contributed by atoms with Gasteiger partial charge in [0.1, 0.15) is 0 Å². The van der Waals surface area contributed by atoms with Crippen molar-refractivity contribution in [2.24, 2.45) is 0 Å². The summed E-state index contributed by atoms with van der Waals surface area (Å²) in [7, 11) is 0. The first-order valence-electron chi connectivity index (χ1n) is 1.86. The molecule has 1 N–H and O–H groups in total. The van der Waals surface area contributed by atoms with E-state index < -0.39 is 0 Å². The third-order valence-electron chi connectivity index (χ3n) is 0.215. The zero-order chi connectivity index (χ0) is 5.70. The monoisotopic (exact) mass is 247 g/mol. The summed E-state index contributed by atoms with van der Waals surface area (Å²) < 4.78 is 6.96. The van der Waals surface area contributed by atoms with Gasteiger partial charge in [-0.3, -0.25) is 5.92 Å². The van der Waals surface area contributed by atoms with Crippen molar-refractivity contribution in [3.05, 3.63) is 4.40 Å². The van der Waals surface area contributed by atoms with E-state index in [-0.39, 0.29) is 29.6 Å². The van der Waals surface area contributed by atoms with Crippen LogP contribution in [0.2, 0.25) is 0 Å². The number of aliphatic hydroxyl groups excluding tert-OH is 1. The Labute approximate surface area is 70.3 Å². The molecule has 3 heteroatoms. The fourth-order valence-electron chi connectivity index (χ4n) is 0.0729. The summed E-state index contributed by atoms with van der Waals surface area (Å²) in [6.07, 6.45) is 0. The van der Waals surface area contributed by atoms with Gasteiger partial charge in [0.25, 0.3) is 0 Å². The molecule has 0 fully saturated rings. The van der Waals surface area contributed by atoms with Crippen LogP contribution in [0.15, 0.2) is 0 Å². The van der Waals surface area contributed by atoms with Crippen LogP contribution in [-0.4, -0.2) is 11.7 Å². The van der Waals surface area contributed by atoms with Gasteiger partial charge in [0.2, 0.25) is 0 Å². The van der Waals surface area contributed by atoms with Gasteiger partial charge in [-0.05, 0) is 1.37 Å². The van der Waals surface area contributed by atoms with E-state index in [9.17, 15) is 0 Å². The van der Waals surface area contributed by atoms with Crippen LogP contribution in [0.25, 0.3) is 0 Å². The second-order valence-electron chi connectivity index (χ2n) is 0.554. The SMILES string of the molecule is [2H][C-](I)C#CCO.[V]. The van der Waals surface area contributed by atoms with Crippen LogP contribution in [0.1, 0.15) is 1.37 Å². The first-order valence-corrected chi connectivity index (χ1v) is 2.44. The standard InChI is InChI=1S/C4H4IO.V/c5-3-1-2-4-6;/h3,6H,4H2;/q-1;/i3D;. The minimum Gasteiger partial charge on any atom is -0.404 e. The summed E-state index contributed by atoms with van der Waals surface area (Å²) in [6.45, 7) is -0.161. The van der Waals surface area contributed by atoms with Crippen molar-refractivity contribution < 1.29 is 25.0 Å². The average Bonchev–Trinajstić information content (AvgIpc) is 1.61. The second kappa shape index (κ2) is 9.86. The van der Waals surface area contributed by atoms with Crippen LogP contribution in [0, 0.1) is 16.2 Å². The third kappa shape index (κ3) is 10.8. The molecule has 1 radical (unpaired) electrons. The van der Waals surface area contributed by atoms with E-state index >= 15 is 0 Å². The van der Waals surface area contributed by atoms with E-state index in [0.717, 1.165) is 0 Å². The quantitative estimate of drug-likeness (QED) is 0.377. The Morgan fingerprint density at radius 2 is 2.57 bits per heavy atom. The molecule has 0 aromatic carbocycles. The van der Waals surface area contributed by atoms with Crippen LogP contribution in [0.5, 0.6) is 0 Å². The van der Waals surface area contributed by atoms with Crippen LogP contribution in [0.3, 0.4) is 0 Å². The van der Waals surface area contributed by atoms with E-state index in [1.807, 2.05) is 0 Å². The second-order valence-corrected chi connectivity index (χ2v) is 1.09. The summed E-state index contributed by atoms with van der Waals surface area (Å²) in [4.78, 5) is 0. The molecule has 0 atom stereocenters. The number of hydrogen-bond donors (Lipinski definition) is 1. The van der Waals surface area contributed by atoms with Crippen LogP contribution in [-0.2, 0) is 18.6 Å². The maximum absolute atomic E-state index is 8.04. The van der Waals surface area contributed by atoms with Crippen molar-refractivity contribution in [1.82, 2.24) is 0 Å². The number of rotatable bonds is 0. The van der Waals surface area contributed by atoms with Crippen molar-refractivity contribution in [2.75, 3.05) is 6.61 Å². The maximum atomic E-state index is 8.04. The van der Waals surface area contributed by atoms with Gasteiger partial charge < -0.3 is 11.0 Å². The van der Waals surface area contributed by atoms with Crippen molar-refractivity contribution in [1.29, 1.82) is 0 Å². The Hall–Kier alpha value is 0.704. The van der Waals surface area contributed by atoms with Gasteiger partial charge in [-0.2, -0.15) is 22.6 Å². The molecule has 0 amide bonds. The Balaban J connectivity index is 0. The van der Waals surface area contributed by atoms with E-state index in [1.54, 1.807) is 22.6 Å². The van der Waals surface area contributed by atoms with Crippen LogP contribution in [0.4, 0.5) is 0 Å². The molecule has 0 rings (SSSR count). The largest absolute Gasteiger partial charge is 0.404 e. The molecule has 0 aliphatic carbocycles. The smallest absolute Gasteiger partial charge is 0.0224 e. The third-order valence-corrected chi connectivity index (χ3v) is 0.484. The molecule has 0 bridgehead atoms. The molecule has 0 aliphatic heterocycles. The molecule has 0 heterocycles. The summed E-state index contributed by atoms with van der Waals surface area (Å²) in [5.41, 5.74) is 0. The molecule has 0 saturated carbocycles. The van der Waals surface area contributed by atoms with Gasteiger partial charge in [0.05, 0.1) is 0 Å². The first kappa shape index (κ1) is 7.70. The normalized spacial score (nSPS) is 6.86. The molecule has 1 nitrogen and oxygen atoms in total. The summed E-state index contributed by atoms with van der Waals surface area (Å²) in [5, 5.41) is 8.04. The van der Waals surface area contributed by atoms with Gasteiger partial charge >= 0.3 is 0 Å². The molecule has 0 saturated heterocycles. The number of halogens is 1. The van der Waals surface area contributed by atoms with Gasteiger partial charge in [-0.25, -0.2) is 0 Å². The molecule has 0 aromatic heterocycles. The van der Waals surface area contributed by atoms with Gasteiger partial charge in [-0.1, -0.05) is 0 Å². The van der Waals surface area contributed by atoms with Crippen molar-refractivity contribution >= 4 is 22.6 Å². The minimum absolute atomic E-state index is 0. The molecule has 0 aliphatic rings. The summed E-state index contributed by atoms with van der Waals surface area (Å²) in [5.74, 6) is 4.69. The fraction of sp³-hybridized carbons (Fsp3) is 0.250. The van der Waals surface area contributed by atoms with E-state index in [4.69, 9.17) is 6.48 Å². The van der Waals surface area contributed by atoms with E-state index in [2.05, 4.69) is 11.8 Å². The molecule has 0 spiro atoms. The van der Waals surface area contributed by atoms with Gasteiger partial charge in [-0.15, -0.1) is 4.40 Å². The predicted molar refractivity (Wildman–Crippen MR) is 33.2 cm³/mol. The molecule has 0 aromatic rings. The zero-order valence-corrected chi connectivity index (χ0v) is 7.03. The first-order chi connectivity index (χ1) is 3.27. The Kier molecular flexibility index (Phi) is 10.8. The number of hydrogen-bond acceptors (Lipinski definition) is 1. The zero-order valence-electron chi connectivity index (χ0n) is 4.48. The van der Waals surface area contributed by atoms with Crippen LogP contribution < -0.4 is 0 Å². The Bertz CT molecular complexity index is 95.9. The molecule has 0 unspecified atom stereocenters. The predicted octanol–water partition coefficient (Wildman–Crippen LogP) is 0.576. The Morgan fingerprint density at radius 3 is 2.71 bits per heavy atom. The topological polar surface area (TPSA) is 20.2 Å². The van der Waals surface area contributed by atoms with Crippen molar-refractivity contribution in [3.8, 4) is 11.8 Å².